The van der Waals surface area contributed by atoms with Crippen LogP contribution in [0, 0.1) is 0 Å². The summed E-state index contributed by atoms with van der Waals surface area (Å²) in [7, 11) is 0. The van der Waals surface area contributed by atoms with Crippen LogP contribution in [0.3, 0.4) is 0 Å². The van der Waals surface area contributed by atoms with Gasteiger partial charge in [0.05, 0.1) is 5.69 Å². The van der Waals surface area contributed by atoms with Crippen molar-refractivity contribution in [2.75, 3.05) is 5.32 Å². The number of carboxylic acids is 1. The van der Waals surface area contributed by atoms with Gasteiger partial charge in [-0.25, -0.2) is 9.59 Å². The van der Waals surface area contributed by atoms with Gasteiger partial charge >= 0.3 is 12.1 Å². The number of nitrogens with one attached hydrogen (secondary N) is 1. The van der Waals surface area contributed by atoms with E-state index in [9.17, 15) is 14.7 Å². The third kappa shape index (κ3) is 5.63. The van der Waals surface area contributed by atoms with E-state index in [1.54, 1.807) is 6.92 Å². The summed E-state index contributed by atoms with van der Waals surface area (Å²) in [6.45, 7) is 3.93. The van der Waals surface area contributed by atoms with Gasteiger partial charge in [0.2, 0.25) is 0 Å². The summed E-state index contributed by atoms with van der Waals surface area (Å²) >= 11 is 0. The molecule has 1 rings (SSSR count). The van der Waals surface area contributed by atoms with E-state index >= 15 is 0 Å². The first-order valence-corrected chi connectivity index (χ1v) is 7.48. The minimum Gasteiger partial charge on any atom is -0.507 e. The smallest absolute Gasteiger partial charge is 0.411 e. The Kier molecular flexibility index (Phi) is 7.22. The van der Waals surface area contributed by atoms with Crippen molar-refractivity contribution in [1.29, 1.82) is 0 Å². The van der Waals surface area contributed by atoms with E-state index in [0.717, 1.165) is 32.1 Å². The van der Waals surface area contributed by atoms with Gasteiger partial charge in [-0.3, -0.25) is 5.32 Å². The predicted molar refractivity (Wildman–Crippen MR) is 83.4 cm³/mol. The Bertz CT molecular complexity index is 515. The number of benzene rings is 1. The van der Waals surface area contributed by atoms with Crippen LogP contribution < -0.4 is 5.32 Å². The van der Waals surface area contributed by atoms with Gasteiger partial charge in [0.15, 0.2) is 0 Å². The molecule has 0 bridgehead atoms. The number of anilines is 1. The zero-order valence-corrected chi connectivity index (χ0v) is 13.0. The number of hydrogen-bond acceptors (Lipinski definition) is 4. The number of ether oxygens (including phenoxy) is 1. The molecule has 0 saturated heterocycles. The average Bonchev–Trinajstić information content (AvgIpc) is 2.43. The first-order chi connectivity index (χ1) is 10.5. The lowest BCUT2D eigenvalue weighted by molar-refractivity contribution is 0.0695. The maximum atomic E-state index is 11.8. The lowest BCUT2D eigenvalue weighted by Gasteiger charge is -2.15. The molecule has 3 N–H and O–H groups in total. The molecular weight excluding hydrogens is 286 g/mol. The predicted octanol–water partition coefficient (Wildman–Crippen LogP) is 4.00. The van der Waals surface area contributed by atoms with Crippen molar-refractivity contribution in [3.63, 3.8) is 0 Å². The summed E-state index contributed by atoms with van der Waals surface area (Å²) in [4.78, 5) is 22.9. The molecule has 0 saturated carbocycles. The van der Waals surface area contributed by atoms with E-state index in [1.807, 2.05) is 0 Å². The Hall–Kier alpha value is -2.24. The van der Waals surface area contributed by atoms with E-state index in [1.165, 1.54) is 18.2 Å². The van der Waals surface area contributed by atoms with Gasteiger partial charge in [0, 0.05) is 0 Å². The minimum atomic E-state index is -1.32. The van der Waals surface area contributed by atoms with Crippen LogP contribution in [0.1, 0.15) is 56.3 Å². The maximum Gasteiger partial charge on any atom is 0.411 e. The van der Waals surface area contributed by atoms with E-state index in [-0.39, 0.29) is 17.4 Å². The van der Waals surface area contributed by atoms with Crippen LogP contribution in [-0.2, 0) is 4.74 Å². The standard InChI is InChI=1S/C16H23NO5/c1-3-4-5-6-8-11(2)22-16(21)17-12-9-7-10-13(18)14(12)15(19)20/h7,9-11,18H,3-6,8H2,1-2H3,(H,17,21)(H,19,20). The average molecular weight is 309 g/mol. The van der Waals surface area contributed by atoms with Crippen LogP contribution in [0.5, 0.6) is 5.75 Å². The number of hydrogen-bond donors (Lipinski definition) is 3. The summed E-state index contributed by atoms with van der Waals surface area (Å²) < 4.78 is 5.18. The van der Waals surface area contributed by atoms with Crippen LogP contribution in [-0.4, -0.2) is 28.4 Å². The second kappa shape index (κ2) is 8.92. The molecule has 0 radical (unpaired) electrons. The second-order valence-electron chi connectivity index (χ2n) is 5.20. The molecule has 0 aliphatic heterocycles. The molecule has 0 spiro atoms. The van der Waals surface area contributed by atoms with Crippen molar-refractivity contribution >= 4 is 17.7 Å². The van der Waals surface area contributed by atoms with Crippen molar-refractivity contribution in [3.05, 3.63) is 23.8 Å². The number of carbonyl (C=O) groups excluding carboxylic acids is 1. The molecule has 0 heterocycles. The van der Waals surface area contributed by atoms with Crippen LogP contribution in [0.15, 0.2) is 18.2 Å². The third-order valence-corrected chi connectivity index (χ3v) is 3.27. The summed E-state index contributed by atoms with van der Waals surface area (Å²) in [6.07, 6.45) is 4.17. The zero-order chi connectivity index (χ0) is 16.5. The summed E-state index contributed by atoms with van der Waals surface area (Å²) in [5.74, 6) is -1.72. The molecule has 0 aromatic heterocycles. The van der Waals surface area contributed by atoms with E-state index < -0.39 is 17.8 Å². The lowest BCUT2D eigenvalue weighted by Crippen LogP contribution is -2.21. The molecular formula is C16H23NO5. The van der Waals surface area contributed by atoms with Gasteiger partial charge in [0.1, 0.15) is 17.4 Å². The Labute approximate surface area is 130 Å². The fourth-order valence-electron chi connectivity index (χ4n) is 2.11. The molecule has 6 nitrogen and oxygen atoms in total. The summed E-state index contributed by atoms with van der Waals surface area (Å²) in [5, 5.41) is 21.0. The molecule has 122 valence electrons. The lowest BCUT2D eigenvalue weighted by atomic mass is 10.1. The van der Waals surface area contributed by atoms with Gasteiger partial charge < -0.3 is 14.9 Å². The molecule has 0 fully saturated rings. The molecule has 0 aliphatic carbocycles. The molecule has 1 aromatic rings. The molecule has 22 heavy (non-hydrogen) atoms. The SMILES string of the molecule is CCCCCCC(C)OC(=O)Nc1cccc(O)c1C(=O)O. The number of rotatable bonds is 8. The monoisotopic (exact) mass is 309 g/mol. The van der Waals surface area contributed by atoms with Crippen LogP contribution in [0.2, 0.25) is 0 Å². The van der Waals surface area contributed by atoms with E-state index in [4.69, 9.17) is 9.84 Å². The Morgan fingerprint density at radius 2 is 2.00 bits per heavy atom. The number of phenols is 1. The first kappa shape index (κ1) is 17.8. The fraction of sp³-hybridized carbons (Fsp3) is 0.500. The van der Waals surface area contributed by atoms with Gasteiger partial charge in [-0.05, 0) is 31.9 Å². The normalized spacial score (nSPS) is 11.7. The topological polar surface area (TPSA) is 95.9 Å². The highest BCUT2D eigenvalue weighted by atomic mass is 16.6. The highest BCUT2D eigenvalue weighted by molar-refractivity contribution is 6.01. The first-order valence-electron chi connectivity index (χ1n) is 7.48. The molecule has 1 amide bonds. The Morgan fingerprint density at radius 1 is 1.27 bits per heavy atom. The van der Waals surface area contributed by atoms with Gasteiger partial charge in [0.25, 0.3) is 0 Å². The third-order valence-electron chi connectivity index (χ3n) is 3.27. The van der Waals surface area contributed by atoms with Gasteiger partial charge in [-0.2, -0.15) is 0 Å². The maximum absolute atomic E-state index is 11.8. The number of amides is 1. The highest BCUT2D eigenvalue weighted by Crippen LogP contribution is 2.25. The minimum absolute atomic E-state index is 0.00989. The van der Waals surface area contributed by atoms with E-state index in [0.29, 0.717) is 0 Å². The molecule has 1 atom stereocenters. The number of aromatic carboxylic acids is 1. The quantitative estimate of drug-likeness (QED) is 0.631. The zero-order valence-electron chi connectivity index (χ0n) is 13.0. The van der Waals surface area contributed by atoms with Crippen molar-refractivity contribution in [2.45, 2.75) is 52.1 Å². The van der Waals surface area contributed by atoms with Crippen molar-refractivity contribution in [1.82, 2.24) is 0 Å². The molecule has 1 unspecified atom stereocenters. The largest absolute Gasteiger partial charge is 0.507 e. The molecule has 6 heteroatoms. The van der Waals surface area contributed by atoms with Crippen molar-refractivity contribution < 1.29 is 24.5 Å². The van der Waals surface area contributed by atoms with Gasteiger partial charge in [-0.1, -0.05) is 32.3 Å². The Morgan fingerprint density at radius 3 is 2.64 bits per heavy atom. The second-order valence-corrected chi connectivity index (χ2v) is 5.20. The van der Waals surface area contributed by atoms with Gasteiger partial charge in [-0.15, -0.1) is 0 Å². The summed E-state index contributed by atoms with van der Waals surface area (Å²) in [5.41, 5.74) is -0.342. The van der Waals surface area contributed by atoms with Crippen molar-refractivity contribution in [3.8, 4) is 5.75 Å². The molecule has 0 aliphatic rings. The Balaban J connectivity index is 2.55. The fourth-order valence-corrected chi connectivity index (χ4v) is 2.11. The van der Waals surface area contributed by atoms with Crippen molar-refractivity contribution in [2.24, 2.45) is 0 Å². The molecule has 1 aromatic carbocycles. The number of carboxylic acid groups (broad SMARTS) is 1. The number of unbranched alkanes of at least 4 members (excludes halogenated alkanes) is 3. The summed E-state index contributed by atoms with van der Waals surface area (Å²) in [6, 6.07) is 4.10. The number of carbonyl (C=O) groups is 2. The highest BCUT2D eigenvalue weighted by Gasteiger charge is 2.18. The number of aromatic hydroxyl groups is 1. The van der Waals surface area contributed by atoms with E-state index in [2.05, 4.69) is 12.2 Å². The van der Waals surface area contributed by atoms with Crippen LogP contribution in [0.4, 0.5) is 10.5 Å². The van der Waals surface area contributed by atoms with Crippen LogP contribution >= 0.6 is 0 Å². The van der Waals surface area contributed by atoms with Crippen LogP contribution in [0.25, 0.3) is 0 Å².